The fourth-order valence-electron chi connectivity index (χ4n) is 9.68. The number of aromatic nitrogens is 1. The number of rotatable bonds is 11. The van der Waals surface area contributed by atoms with Gasteiger partial charge in [0.25, 0.3) is 0 Å². The van der Waals surface area contributed by atoms with Crippen molar-refractivity contribution in [3.8, 4) is 5.69 Å². The van der Waals surface area contributed by atoms with E-state index in [4.69, 9.17) is 0 Å². The quantitative estimate of drug-likeness (QED) is 0.120. The summed E-state index contributed by atoms with van der Waals surface area (Å²) in [5.41, 5.74) is 10.1. The molecule has 4 heteroatoms. The fraction of sp³-hybridized carbons (Fsp3) is 0. The van der Waals surface area contributed by atoms with Gasteiger partial charge in [0.05, 0.1) is 0 Å². The zero-order chi connectivity index (χ0) is 42.7. The number of hydrogen-bond donors (Lipinski definition) is 0. The molecule has 3 nitrogen and oxygen atoms in total. The summed E-state index contributed by atoms with van der Waals surface area (Å²) in [5, 5.41) is 2.43. The Morgan fingerprint density at radius 3 is 1.06 bits per heavy atom. The first-order valence-corrected chi connectivity index (χ1v) is 26.1. The van der Waals surface area contributed by atoms with Gasteiger partial charge in [0, 0.05) is 0 Å². The van der Waals surface area contributed by atoms with Gasteiger partial charge in [0.15, 0.2) is 0 Å². The molecule has 0 aliphatic heterocycles. The summed E-state index contributed by atoms with van der Waals surface area (Å²) in [7, 11) is 0. The number of para-hydroxylation sites is 4. The zero-order valence-electron chi connectivity index (χ0n) is 35.3. The van der Waals surface area contributed by atoms with Crippen LogP contribution < -0.4 is 27.4 Å². The van der Waals surface area contributed by atoms with Gasteiger partial charge in [-0.25, -0.2) is 0 Å². The van der Waals surface area contributed by atoms with Gasteiger partial charge < -0.3 is 0 Å². The van der Waals surface area contributed by atoms with E-state index in [0.717, 1.165) is 39.8 Å². The van der Waals surface area contributed by atoms with Crippen LogP contribution in [0.1, 0.15) is 0 Å². The summed E-state index contributed by atoms with van der Waals surface area (Å²) >= 11 is -3.48. The van der Waals surface area contributed by atoms with Crippen molar-refractivity contribution < 1.29 is 0 Å². The van der Waals surface area contributed by atoms with Crippen molar-refractivity contribution in [3.63, 3.8) is 0 Å². The van der Waals surface area contributed by atoms with Gasteiger partial charge in [-0.15, -0.1) is 0 Å². The minimum absolute atomic E-state index is 1.07. The number of anilines is 6. The molecule has 0 radical (unpaired) electrons. The first kappa shape index (κ1) is 39.0. The van der Waals surface area contributed by atoms with E-state index in [1.54, 1.807) is 0 Å². The molecule has 0 N–H and O–H groups in total. The Labute approximate surface area is 377 Å². The molecule has 64 heavy (non-hydrogen) atoms. The topological polar surface area (TPSA) is 11.4 Å². The molecule has 0 unspecified atom stereocenters. The average molecular weight is 881 g/mol. The summed E-state index contributed by atoms with van der Waals surface area (Å²) < 4.78 is 7.97. The van der Waals surface area contributed by atoms with Gasteiger partial charge in [-0.2, -0.15) is 0 Å². The van der Waals surface area contributed by atoms with Gasteiger partial charge in [-0.1, -0.05) is 54.6 Å². The summed E-state index contributed by atoms with van der Waals surface area (Å²) in [4.78, 5) is 4.73. The van der Waals surface area contributed by atoms with Crippen LogP contribution in [0.4, 0.5) is 34.1 Å². The molecular weight excluding hydrogens is 835 g/mol. The predicted molar refractivity (Wildman–Crippen MR) is 274 cm³/mol. The van der Waals surface area contributed by atoms with Crippen LogP contribution in [-0.2, 0) is 0 Å². The van der Waals surface area contributed by atoms with Crippen molar-refractivity contribution in [1.82, 2.24) is 4.57 Å². The molecule has 0 saturated heterocycles. The first-order chi connectivity index (χ1) is 31.8. The molecule has 0 atom stereocenters. The standard InChI is InChI=1S/C60H45GeN3/c1-7-21-46(22-8-1)61(47-23-9-2-10-24-47,48-25-11-3-12-26-48)49-35-37-53(38-36-49)63(55-41-39-54(40-42-55)62(50-27-13-4-14-28-50)51-29-15-5-16-30-51)56-43-44-60-58(45-56)57-33-19-20-34-59(57)64(60)52-31-17-6-18-32-52/h1-45H. The van der Waals surface area contributed by atoms with Crippen LogP contribution in [0.25, 0.3) is 27.5 Å². The van der Waals surface area contributed by atoms with Crippen LogP contribution in [0, 0.1) is 0 Å². The molecule has 11 rings (SSSR count). The third kappa shape index (κ3) is 6.97. The summed E-state index contributed by atoms with van der Waals surface area (Å²) in [6.45, 7) is 0. The Hall–Kier alpha value is -7.86. The Bertz CT molecular complexity index is 3150. The Balaban J connectivity index is 1.10. The molecule has 11 aromatic rings. The van der Waals surface area contributed by atoms with Gasteiger partial charge >= 0.3 is 325 Å². The van der Waals surface area contributed by atoms with Crippen molar-refractivity contribution in [3.05, 3.63) is 273 Å². The maximum absolute atomic E-state index is 3.48. The van der Waals surface area contributed by atoms with Crippen molar-refractivity contribution in [1.29, 1.82) is 0 Å². The van der Waals surface area contributed by atoms with Gasteiger partial charge in [-0.3, -0.25) is 0 Å². The molecule has 10 aromatic carbocycles. The van der Waals surface area contributed by atoms with E-state index in [1.807, 2.05) is 0 Å². The minimum atomic E-state index is -3.48. The molecule has 0 amide bonds. The molecule has 1 aromatic heterocycles. The van der Waals surface area contributed by atoms with Crippen molar-refractivity contribution >= 4 is 86.8 Å². The van der Waals surface area contributed by atoms with Crippen molar-refractivity contribution in [2.75, 3.05) is 9.80 Å². The monoisotopic (exact) mass is 881 g/mol. The van der Waals surface area contributed by atoms with E-state index >= 15 is 0 Å². The third-order valence-electron chi connectivity index (χ3n) is 12.5. The van der Waals surface area contributed by atoms with E-state index in [0.29, 0.717) is 0 Å². The molecule has 1 heterocycles. The smallest absolute Gasteiger partial charge is 0.0602 e. The normalized spacial score (nSPS) is 11.4. The number of hydrogen-bond acceptors (Lipinski definition) is 2. The fourth-order valence-corrected chi connectivity index (χ4v) is 19.6. The molecule has 0 bridgehead atoms. The van der Waals surface area contributed by atoms with Crippen molar-refractivity contribution in [2.45, 2.75) is 0 Å². The van der Waals surface area contributed by atoms with Crippen LogP contribution in [0.5, 0.6) is 0 Å². The minimum Gasteiger partial charge on any atom is -0.0602 e. The number of benzene rings is 10. The van der Waals surface area contributed by atoms with Gasteiger partial charge in [-0.05, 0) is 0 Å². The summed E-state index contributed by atoms with van der Waals surface area (Å²) in [6.07, 6.45) is 0. The van der Waals surface area contributed by atoms with Crippen LogP contribution in [-0.4, -0.2) is 17.8 Å². The van der Waals surface area contributed by atoms with E-state index in [-0.39, 0.29) is 0 Å². The Morgan fingerprint density at radius 1 is 0.250 bits per heavy atom. The van der Waals surface area contributed by atoms with Crippen LogP contribution in [0.15, 0.2) is 273 Å². The first-order valence-electron chi connectivity index (χ1n) is 21.9. The van der Waals surface area contributed by atoms with Gasteiger partial charge in [0.2, 0.25) is 0 Å². The van der Waals surface area contributed by atoms with Crippen molar-refractivity contribution in [2.24, 2.45) is 0 Å². The van der Waals surface area contributed by atoms with E-state index in [9.17, 15) is 0 Å². The Kier molecular flexibility index (Phi) is 10.4. The van der Waals surface area contributed by atoms with E-state index in [2.05, 4.69) is 287 Å². The van der Waals surface area contributed by atoms with E-state index < -0.39 is 13.3 Å². The molecule has 0 aliphatic carbocycles. The molecule has 0 fully saturated rings. The maximum atomic E-state index is 2.42. The number of nitrogens with zero attached hydrogens (tertiary/aromatic N) is 3. The molecule has 0 spiro atoms. The second-order valence-electron chi connectivity index (χ2n) is 16.1. The average Bonchev–Trinajstić information content (AvgIpc) is 3.71. The van der Waals surface area contributed by atoms with Crippen LogP contribution in [0.3, 0.4) is 0 Å². The zero-order valence-corrected chi connectivity index (χ0v) is 37.4. The van der Waals surface area contributed by atoms with Crippen LogP contribution in [0.2, 0.25) is 0 Å². The molecule has 0 saturated carbocycles. The Morgan fingerprint density at radius 2 is 0.578 bits per heavy atom. The van der Waals surface area contributed by atoms with Gasteiger partial charge in [0.1, 0.15) is 0 Å². The summed E-state index contributed by atoms with van der Waals surface area (Å²) in [6, 6.07) is 99.8. The molecule has 304 valence electrons. The van der Waals surface area contributed by atoms with E-state index in [1.165, 1.54) is 39.4 Å². The molecule has 0 aliphatic rings. The number of fused-ring (bicyclic) bond motifs is 3. The summed E-state index contributed by atoms with van der Waals surface area (Å²) in [5.74, 6) is 0. The second kappa shape index (κ2) is 17.1. The second-order valence-corrected chi connectivity index (χ2v) is 24.1. The SMILES string of the molecule is c1ccc(N(c2ccccc2)c2ccc(N(c3cc[c]([Ge]([c]4ccccc4)([c]4ccccc4)[c]4ccccc4)cc3)c3ccc4c(c3)c3ccccc3n4-c3ccccc3)cc2)cc1. The third-order valence-corrected chi connectivity index (χ3v) is 22.6. The predicted octanol–water partition coefficient (Wildman–Crippen LogP) is 13.1. The van der Waals surface area contributed by atoms with Crippen LogP contribution >= 0.6 is 0 Å². The molecular formula is C60H45GeN3.